The van der Waals surface area contributed by atoms with Gasteiger partial charge in [-0.25, -0.2) is 4.79 Å². The summed E-state index contributed by atoms with van der Waals surface area (Å²) in [4.78, 5) is 23.9. The number of carbonyl (C=O) groups is 2. The lowest BCUT2D eigenvalue weighted by atomic mass is 10.2. The van der Waals surface area contributed by atoms with Crippen LogP contribution in [0, 0.1) is 0 Å². The molecule has 0 heterocycles. The predicted molar refractivity (Wildman–Crippen MR) is 79.1 cm³/mol. The molecule has 2 atom stereocenters. The van der Waals surface area contributed by atoms with E-state index in [1.807, 2.05) is 13.1 Å². The minimum absolute atomic E-state index is 0.341. The Kier molecular flexibility index (Phi) is 6.26. The summed E-state index contributed by atoms with van der Waals surface area (Å²) < 4.78 is 0. The van der Waals surface area contributed by atoms with E-state index >= 15 is 0 Å². The number of amides is 3. The van der Waals surface area contributed by atoms with Crippen molar-refractivity contribution in [3.05, 3.63) is 33.8 Å². The highest BCUT2D eigenvalue weighted by Crippen LogP contribution is 2.20. The molecule has 1 unspecified atom stereocenters. The standard InChI is InChI=1S/C13H17Cl2N3O2/c1-8(12(19)17-13(20)16-2)18(3)7-9-4-5-10(14)6-11(9)15/h4-6,8H,7H2,1-3H3,(H2,16,17,19,20)/p+1/t8-/m0/s1. The topological polar surface area (TPSA) is 62.6 Å². The van der Waals surface area contributed by atoms with Crippen LogP contribution in [0.2, 0.25) is 10.0 Å². The Morgan fingerprint density at radius 3 is 2.55 bits per heavy atom. The lowest BCUT2D eigenvalue weighted by Gasteiger charge is -2.21. The third kappa shape index (κ3) is 4.67. The number of carbonyl (C=O) groups excluding carboxylic acids is 2. The van der Waals surface area contributed by atoms with Crippen molar-refractivity contribution in [2.24, 2.45) is 0 Å². The number of halogens is 2. The van der Waals surface area contributed by atoms with Crippen molar-refractivity contribution in [1.29, 1.82) is 0 Å². The molecule has 0 aliphatic carbocycles. The van der Waals surface area contributed by atoms with Crippen molar-refractivity contribution in [2.45, 2.75) is 19.5 Å². The van der Waals surface area contributed by atoms with E-state index in [1.165, 1.54) is 7.05 Å². The fraction of sp³-hybridized carbons (Fsp3) is 0.385. The Hall–Kier alpha value is -1.30. The van der Waals surface area contributed by atoms with Gasteiger partial charge in [0.25, 0.3) is 5.91 Å². The van der Waals surface area contributed by atoms with Crippen molar-refractivity contribution in [3.63, 3.8) is 0 Å². The van der Waals surface area contributed by atoms with Crippen LogP contribution in [0.3, 0.4) is 0 Å². The van der Waals surface area contributed by atoms with Gasteiger partial charge in [-0.05, 0) is 19.1 Å². The second-order valence-electron chi connectivity index (χ2n) is 4.55. The normalized spacial score (nSPS) is 13.4. The summed E-state index contributed by atoms with van der Waals surface area (Å²) in [5, 5.41) is 5.73. The number of imide groups is 1. The maximum Gasteiger partial charge on any atom is 0.321 e. The van der Waals surface area contributed by atoms with Gasteiger partial charge in [-0.15, -0.1) is 0 Å². The first kappa shape index (κ1) is 16.8. The molecule has 0 saturated carbocycles. The van der Waals surface area contributed by atoms with Gasteiger partial charge in [-0.2, -0.15) is 0 Å². The molecular weight excluding hydrogens is 301 g/mol. The minimum Gasteiger partial charge on any atom is -0.341 e. The van der Waals surface area contributed by atoms with Crippen LogP contribution < -0.4 is 15.5 Å². The smallest absolute Gasteiger partial charge is 0.321 e. The van der Waals surface area contributed by atoms with Gasteiger partial charge in [0.05, 0.1) is 12.1 Å². The first-order chi connectivity index (χ1) is 9.35. The van der Waals surface area contributed by atoms with E-state index in [-0.39, 0.29) is 11.9 Å². The Labute approximate surface area is 128 Å². The number of likely N-dealkylation sites (N-methyl/N-ethyl adjacent to an activating group) is 1. The third-order valence-electron chi connectivity index (χ3n) is 3.08. The molecule has 0 aliphatic rings. The fourth-order valence-corrected chi connectivity index (χ4v) is 2.10. The number of quaternary nitrogens is 1. The zero-order valence-corrected chi connectivity index (χ0v) is 13.1. The summed E-state index contributed by atoms with van der Waals surface area (Å²) in [7, 11) is 3.32. The molecule has 1 rings (SSSR count). The maximum atomic E-state index is 11.8. The zero-order valence-electron chi connectivity index (χ0n) is 11.6. The molecule has 3 amide bonds. The largest absolute Gasteiger partial charge is 0.341 e. The molecule has 0 aliphatic heterocycles. The van der Waals surface area contributed by atoms with Crippen LogP contribution >= 0.6 is 23.2 Å². The summed E-state index contributed by atoms with van der Waals surface area (Å²) in [5.74, 6) is -0.341. The quantitative estimate of drug-likeness (QED) is 0.771. The van der Waals surface area contributed by atoms with Crippen molar-refractivity contribution in [3.8, 4) is 0 Å². The number of nitrogens with one attached hydrogen (secondary N) is 3. The Balaban J connectivity index is 2.67. The molecular formula is C13H18Cl2N3O2+. The molecule has 0 bridgehead atoms. The van der Waals surface area contributed by atoms with Crippen LogP contribution in [0.1, 0.15) is 12.5 Å². The third-order valence-corrected chi connectivity index (χ3v) is 3.67. The Morgan fingerprint density at radius 2 is 2.00 bits per heavy atom. The van der Waals surface area contributed by atoms with Crippen LogP contribution in [-0.2, 0) is 11.3 Å². The SMILES string of the molecule is CNC(=O)NC(=O)[C@H](C)[NH+](C)Cc1ccc(Cl)cc1Cl. The molecule has 110 valence electrons. The molecule has 1 aromatic rings. The second-order valence-corrected chi connectivity index (χ2v) is 5.39. The molecule has 0 aromatic heterocycles. The molecule has 1 aromatic carbocycles. The van der Waals surface area contributed by atoms with Crippen LogP contribution in [0.4, 0.5) is 4.79 Å². The van der Waals surface area contributed by atoms with Gasteiger partial charge < -0.3 is 10.2 Å². The Morgan fingerprint density at radius 1 is 1.35 bits per heavy atom. The van der Waals surface area contributed by atoms with E-state index in [4.69, 9.17) is 23.2 Å². The van der Waals surface area contributed by atoms with Gasteiger partial charge in [-0.1, -0.05) is 29.3 Å². The van der Waals surface area contributed by atoms with E-state index in [0.717, 1.165) is 10.5 Å². The first-order valence-electron chi connectivity index (χ1n) is 6.14. The van der Waals surface area contributed by atoms with E-state index in [1.54, 1.807) is 19.1 Å². The fourth-order valence-electron chi connectivity index (χ4n) is 1.62. The lowest BCUT2D eigenvalue weighted by molar-refractivity contribution is -0.908. The maximum absolute atomic E-state index is 11.8. The molecule has 20 heavy (non-hydrogen) atoms. The average molecular weight is 319 g/mol. The van der Waals surface area contributed by atoms with Crippen molar-refractivity contribution < 1.29 is 14.5 Å². The van der Waals surface area contributed by atoms with E-state index in [9.17, 15) is 9.59 Å². The van der Waals surface area contributed by atoms with E-state index in [0.29, 0.717) is 16.6 Å². The predicted octanol–water partition coefficient (Wildman–Crippen LogP) is 0.852. The van der Waals surface area contributed by atoms with Gasteiger partial charge in [0.2, 0.25) is 0 Å². The van der Waals surface area contributed by atoms with Gasteiger partial charge in [0.15, 0.2) is 6.04 Å². The lowest BCUT2D eigenvalue weighted by Crippen LogP contribution is -3.12. The monoisotopic (exact) mass is 318 g/mol. The number of benzene rings is 1. The summed E-state index contributed by atoms with van der Waals surface area (Å²) >= 11 is 11.9. The van der Waals surface area contributed by atoms with Gasteiger partial charge >= 0.3 is 6.03 Å². The van der Waals surface area contributed by atoms with Gasteiger partial charge in [-0.3, -0.25) is 10.1 Å². The minimum atomic E-state index is -0.515. The molecule has 0 spiro atoms. The first-order valence-corrected chi connectivity index (χ1v) is 6.89. The van der Waals surface area contributed by atoms with Gasteiger partial charge in [0.1, 0.15) is 6.54 Å². The number of urea groups is 1. The molecule has 5 nitrogen and oxygen atoms in total. The van der Waals surface area contributed by atoms with Crippen LogP contribution in [0.25, 0.3) is 0 Å². The van der Waals surface area contributed by atoms with E-state index in [2.05, 4.69) is 10.6 Å². The summed E-state index contributed by atoms with van der Waals surface area (Å²) in [6.45, 7) is 2.30. The number of rotatable bonds is 4. The van der Waals surface area contributed by atoms with Crippen molar-refractivity contribution >= 4 is 35.1 Å². The molecule has 0 fully saturated rings. The highest BCUT2D eigenvalue weighted by Gasteiger charge is 2.23. The van der Waals surface area contributed by atoms with Crippen molar-refractivity contribution in [1.82, 2.24) is 10.6 Å². The highest BCUT2D eigenvalue weighted by atomic mass is 35.5. The molecule has 0 saturated heterocycles. The summed E-state index contributed by atoms with van der Waals surface area (Å²) in [6.07, 6.45) is 0. The van der Waals surface area contributed by atoms with Gasteiger partial charge in [0, 0.05) is 17.6 Å². The summed E-state index contributed by atoms with van der Waals surface area (Å²) in [6, 6.07) is 4.35. The summed E-state index contributed by atoms with van der Waals surface area (Å²) in [5.41, 5.74) is 0.896. The highest BCUT2D eigenvalue weighted by molar-refractivity contribution is 6.35. The van der Waals surface area contributed by atoms with Crippen LogP contribution in [-0.4, -0.2) is 32.1 Å². The molecule has 0 radical (unpaired) electrons. The second kappa shape index (κ2) is 7.47. The molecule has 7 heteroatoms. The number of hydrogen-bond donors (Lipinski definition) is 3. The molecule has 3 N–H and O–H groups in total. The van der Waals surface area contributed by atoms with Crippen LogP contribution in [0.5, 0.6) is 0 Å². The van der Waals surface area contributed by atoms with E-state index < -0.39 is 6.03 Å². The average Bonchev–Trinajstić information content (AvgIpc) is 2.40. The number of hydrogen-bond acceptors (Lipinski definition) is 2. The van der Waals surface area contributed by atoms with Crippen molar-refractivity contribution in [2.75, 3.05) is 14.1 Å². The zero-order chi connectivity index (χ0) is 15.3. The van der Waals surface area contributed by atoms with Crippen LogP contribution in [0.15, 0.2) is 18.2 Å². The Bertz CT molecular complexity index is 508.